The molecule has 23 heavy (non-hydrogen) atoms. The van der Waals surface area contributed by atoms with Crippen molar-refractivity contribution in [3.63, 3.8) is 0 Å². The van der Waals surface area contributed by atoms with Crippen LogP contribution in [0.3, 0.4) is 0 Å². The summed E-state index contributed by atoms with van der Waals surface area (Å²) in [7, 11) is -3.73. The quantitative estimate of drug-likeness (QED) is 0.656. The highest BCUT2D eigenvalue weighted by Crippen LogP contribution is 2.20. The Morgan fingerprint density at radius 1 is 1.39 bits per heavy atom. The predicted octanol–water partition coefficient (Wildman–Crippen LogP) is 1.74. The topological polar surface area (TPSA) is 95.5 Å². The zero-order valence-corrected chi connectivity index (χ0v) is 15.5. The van der Waals surface area contributed by atoms with Crippen LogP contribution in [0.4, 0.5) is 5.69 Å². The number of hydrogen-bond donors (Lipinski definition) is 3. The molecule has 0 radical (unpaired) electrons. The van der Waals surface area contributed by atoms with Gasteiger partial charge in [0, 0.05) is 24.4 Å². The Labute approximate surface area is 142 Å². The van der Waals surface area contributed by atoms with E-state index in [9.17, 15) is 18.3 Å². The molecule has 1 aromatic rings. The summed E-state index contributed by atoms with van der Waals surface area (Å²) < 4.78 is 27.2. The minimum atomic E-state index is -3.73. The zero-order chi connectivity index (χ0) is 17.7. The molecule has 130 valence electrons. The fourth-order valence-electron chi connectivity index (χ4n) is 1.97. The predicted molar refractivity (Wildman–Crippen MR) is 94.3 cm³/mol. The highest BCUT2D eigenvalue weighted by Gasteiger charge is 2.24. The average molecular weight is 361 g/mol. The van der Waals surface area contributed by atoms with Crippen molar-refractivity contribution in [2.24, 2.45) is 0 Å². The minimum absolute atomic E-state index is 0.0655. The lowest BCUT2D eigenvalue weighted by atomic mass is 10.1. The lowest BCUT2D eigenvalue weighted by molar-refractivity contribution is -0.115. The Morgan fingerprint density at radius 2 is 2.04 bits per heavy atom. The molecule has 1 atom stereocenters. The van der Waals surface area contributed by atoms with Crippen molar-refractivity contribution in [1.82, 2.24) is 4.72 Å². The van der Waals surface area contributed by atoms with E-state index in [0.717, 1.165) is 0 Å². The Morgan fingerprint density at radius 3 is 2.57 bits per heavy atom. The normalized spacial score (nSPS) is 14.3. The molecule has 0 saturated heterocycles. The van der Waals surface area contributed by atoms with Crippen molar-refractivity contribution in [3.8, 4) is 0 Å². The van der Waals surface area contributed by atoms with Crippen molar-refractivity contribution in [3.05, 3.63) is 23.8 Å². The third-order valence-corrected chi connectivity index (χ3v) is 5.64. The SMILES string of the molecule is CCC(=O)Nc1ccc(S(=O)(=O)NCC(C)(O)CSC)c(C)c1. The number of nitrogens with one attached hydrogen (secondary N) is 2. The van der Waals surface area contributed by atoms with E-state index in [1.54, 1.807) is 32.9 Å². The Kier molecular flexibility index (Phi) is 7.06. The summed E-state index contributed by atoms with van der Waals surface area (Å²) in [6.45, 7) is 4.92. The van der Waals surface area contributed by atoms with Crippen molar-refractivity contribution in [2.45, 2.75) is 37.7 Å². The molecule has 8 heteroatoms. The van der Waals surface area contributed by atoms with Crippen molar-refractivity contribution < 1.29 is 18.3 Å². The molecule has 0 bridgehead atoms. The summed E-state index contributed by atoms with van der Waals surface area (Å²) >= 11 is 1.44. The smallest absolute Gasteiger partial charge is 0.240 e. The van der Waals surface area contributed by atoms with Crippen LogP contribution in [0.15, 0.2) is 23.1 Å². The van der Waals surface area contributed by atoms with E-state index in [4.69, 9.17) is 0 Å². The number of aliphatic hydroxyl groups is 1. The van der Waals surface area contributed by atoms with Gasteiger partial charge in [-0.05, 0) is 43.9 Å². The van der Waals surface area contributed by atoms with E-state index >= 15 is 0 Å². The van der Waals surface area contributed by atoms with Gasteiger partial charge in [-0.3, -0.25) is 4.79 Å². The average Bonchev–Trinajstić information content (AvgIpc) is 2.45. The summed E-state index contributed by atoms with van der Waals surface area (Å²) in [5.74, 6) is 0.294. The van der Waals surface area contributed by atoms with Crippen molar-refractivity contribution in [1.29, 1.82) is 0 Å². The number of rotatable bonds is 8. The van der Waals surface area contributed by atoms with Crippen LogP contribution in [0.2, 0.25) is 0 Å². The zero-order valence-electron chi connectivity index (χ0n) is 13.8. The lowest BCUT2D eigenvalue weighted by Gasteiger charge is -2.22. The molecule has 1 unspecified atom stereocenters. The molecular weight excluding hydrogens is 336 g/mol. The van der Waals surface area contributed by atoms with E-state index in [0.29, 0.717) is 23.4 Å². The van der Waals surface area contributed by atoms with Gasteiger partial charge in [-0.2, -0.15) is 11.8 Å². The second-order valence-electron chi connectivity index (χ2n) is 5.64. The Hall–Kier alpha value is -1.09. The molecular formula is C15H24N2O4S2. The number of benzene rings is 1. The third-order valence-electron chi connectivity index (χ3n) is 3.17. The molecule has 0 fully saturated rings. The largest absolute Gasteiger partial charge is 0.388 e. The monoisotopic (exact) mass is 360 g/mol. The maximum absolute atomic E-state index is 12.4. The number of sulfonamides is 1. The molecule has 0 aliphatic heterocycles. The van der Waals surface area contributed by atoms with Crippen LogP contribution in [0.5, 0.6) is 0 Å². The van der Waals surface area contributed by atoms with E-state index in [1.807, 2.05) is 6.26 Å². The van der Waals surface area contributed by atoms with Gasteiger partial charge in [0.1, 0.15) is 0 Å². The van der Waals surface area contributed by atoms with Crippen molar-refractivity contribution >= 4 is 33.4 Å². The molecule has 0 saturated carbocycles. The van der Waals surface area contributed by atoms with Crippen LogP contribution in [-0.4, -0.2) is 43.6 Å². The molecule has 1 aromatic carbocycles. The molecule has 1 rings (SSSR count). The van der Waals surface area contributed by atoms with Gasteiger partial charge in [-0.15, -0.1) is 0 Å². The van der Waals surface area contributed by atoms with E-state index in [1.165, 1.54) is 17.8 Å². The van der Waals surface area contributed by atoms with E-state index in [2.05, 4.69) is 10.0 Å². The maximum atomic E-state index is 12.4. The molecule has 0 spiro atoms. The van der Waals surface area contributed by atoms with Crippen molar-refractivity contribution in [2.75, 3.05) is 23.9 Å². The summed E-state index contributed by atoms with van der Waals surface area (Å²) in [5.41, 5.74) is -0.0336. The Bertz CT molecular complexity index is 657. The van der Waals surface area contributed by atoms with Crippen LogP contribution < -0.4 is 10.0 Å². The first-order valence-electron chi connectivity index (χ1n) is 7.23. The first-order chi connectivity index (χ1) is 10.6. The number of amides is 1. The number of aryl methyl sites for hydroxylation is 1. The van der Waals surface area contributed by atoms with Gasteiger partial charge in [0.15, 0.2) is 0 Å². The highest BCUT2D eigenvalue weighted by atomic mass is 32.2. The van der Waals surface area contributed by atoms with Crippen LogP contribution in [0.25, 0.3) is 0 Å². The van der Waals surface area contributed by atoms with Crippen LogP contribution in [0.1, 0.15) is 25.8 Å². The fourth-order valence-corrected chi connectivity index (χ4v) is 4.08. The molecule has 6 nitrogen and oxygen atoms in total. The molecule has 0 aliphatic carbocycles. The van der Waals surface area contributed by atoms with E-state index in [-0.39, 0.29) is 17.3 Å². The number of carbonyl (C=O) groups excluding carboxylic acids is 1. The molecule has 0 heterocycles. The van der Waals surface area contributed by atoms with Gasteiger partial charge in [0.2, 0.25) is 15.9 Å². The lowest BCUT2D eigenvalue weighted by Crippen LogP contribution is -2.42. The fraction of sp³-hybridized carbons (Fsp3) is 0.533. The van der Waals surface area contributed by atoms with Crippen LogP contribution in [-0.2, 0) is 14.8 Å². The number of hydrogen-bond acceptors (Lipinski definition) is 5. The number of thioether (sulfide) groups is 1. The van der Waals surface area contributed by atoms with Gasteiger partial charge >= 0.3 is 0 Å². The van der Waals surface area contributed by atoms with Gasteiger partial charge in [0.05, 0.1) is 10.5 Å². The third kappa shape index (κ3) is 6.14. The minimum Gasteiger partial charge on any atom is -0.388 e. The first-order valence-corrected chi connectivity index (χ1v) is 10.1. The highest BCUT2D eigenvalue weighted by molar-refractivity contribution is 7.98. The number of carbonyl (C=O) groups is 1. The molecule has 0 aromatic heterocycles. The van der Waals surface area contributed by atoms with E-state index < -0.39 is 15.6 Å². The second kappa shape index (κ2) is 8.14. The molecule has 3 N–H and O–H groups in total. The molecule has 1 amide bonds. The second-order valence-corrected chi connectivity index (χ2v) is 8.24. The molecule has 0 aliphatic rings. The summed E-state index contributed by atoms with van der Waals surface area (Å²) in [6.07, 6.45) is 2.20. The summed E-state index contributed by atoms with van der Waals surface area (Å²) in [6, 6.07) is 4.61. The van der Waals surface area contributed by atoms with Crippen LogP contribution in [0, 0.1) is 6.92 Å². The van der Waals surface area contributed by atoms with Gasteiger partial charge in [-0.1, -0.05) is 6.92 Å². The Balaban J connectivity index is 2.90. The first kappa shape index (κ1) is 20.0. The number of anilines is 1. The summed E-state index contributed by atoms with van der Waals surface area (Å²) in [5, 5.41) is 12.8. The van der Waals surface area contributed by atoms with Gasteiger partial charge in [0.25, 0.3) is 0 Å². The standard InChI is InChI=1S/C15H24N2O4S2/c1-5-14(18)17-12-6-7-13(11(2)8-12)23(20,21)16-9-15(3,19)10-22-4/h6-8,16,19H,5,9-10H2,1-4H3,(H,17,18). The van der Waals surface area contributed by atoms with Gasteiger partial charge < -0.3 is 10.4 Å². The summed E-state index contributed by atoms with van der Waals surface area (Å²) in [4.78, 5) is 11.5. The maximum Gasteiger partial charge on any atom is 0.240 e. The van der Waals surface area contributed by atoms with Gasteiger partial charge in [-0.25, -0.2) is 13.1 Å². The van der Waals surface area contributed by atoms with Crippen LogP contribution >= 0.6 is 11.8 Å².